The Morgan fingerprint density at radius 2 is 0.829 bits per heavy atom. The number of alkyl carbamates (subject to hydrolysis) is 2. The average Bonchev–Trinajstić information content (AvgIpc) is 1.56. The molecule has 2 rings (SSSR count). The zero-order chi connectivity index (χ0) is 83.4. The van der Waals surface area contributed by atoms with Gasteiger partial charge in [0.1, 0.15) is 31.3 Å². The zero-order valence-corrected chi connectivity index (χ0v) is 62.1. The predicted molar refractivity (Wildman–Crippen MR) is 381 cm³/mol. The molecule has 0 bridgehead atoms. The Balaban J connectivity index is 2.44. The van der Waals surface area contributed by atoms with Crippen LogP contribution >= 0.6 is 0 Å². The maximum Gasteiger partial charge on any atom is 0.407 e. The van der Waals surface area contributed by atoms with Crippen LogP contribution in [0.15, 0.2) is 36.8 Å². The van der Waals surface area contributed by atoms with Gasteiger partial charge in [0.25, 0.3) is 0 Å². The third-order valence-corrected chi connectivity index (χ3v) is 16.3. The van der Waals surface area contributed by atoms with E-state index in [1.165, 1.54) is 24.3 Å². The van der Waals surface area contributed by atoms with Crippen molar-refractivity contribution in [3.05, 3.63) is 53.6 Å². The molecule has 2 aromatic rings. The molecule has 45 nitrogen and oxygen atoms in total. The van der Waals surface area contributed by atoms with Crippen molar-refractivity contribution in [1.29, 1.82) is 0 Å². The molecule has 0 aliphatic heterocycles. The van der Waals surface area contributed by atoms with Gasteiger partial charge in [-0.25, -0.2) is 14.6 Å². The second-order valence-corrected chi connectivity index (χ2v) is 26.2. The van der Waals surface area contributed by atoms with Gasteiger partial charge < -0.3 is 103 Å². The highest BCUT2D eigenvalue weighted by Gasteiger charge is 2.35. The quantitative estimate of drug-likeness (QED) is 0.0294. The molecule has 0 saturated heterocycles. The van der Waals surface area contributed by atoms with E-state index >= 15 is 0 Å². The molecule has 620 valence electrons. The number of amides is 7. The van der Waals surface area contributed by atoms with Gasteiger partial charge in [0.2, 0.25) is 29.5 Å². The van der Waals surface area contributed by atoms with Crippen LogP contribution in [-0.4, -0.2) is 378 Å². The maximum atomic E-state index is 14.0. The van der Waals surface area contributed by atoms with Crippen LogP contribution in [0.2, 0.25) is 0 Å². The Labute approximate surface area is 636 Å². The summed E-state index contributed by atoms with van der Waals surface area (Å²) < 4.78 is 10.8. The number of nitrogens with zero attached hydrogens (tertiary/aromatic N) is 8. The molecule has 0 spiro atoms. The van der Waals surface area contributed by atoms with Gasteiger partial charge in [-0.2, -0.15) is 0 Å². The number of imidazole rings is 1. The van der Waals surface area contributed by atoms with Crippen LogP contribution in [-0.2, 0) is 101 Å². The number of nitrogens with one attached hydrogen (secondary N) is 8. The van der Waals surface area contributed by atoms with E-state index in [2.05, 4.69) is 47.2 Å². The summed E-state index contributed by atoms with van der Waals surface area (Å²) in [4.78, 5) is 226. The van der Waals surface area contributed by atoms with E-state index < -0.39 is 236 Å². The molecule has 7 amide bonds. The van der Waals surface area contributed by atoms with Crippen molar-refractivity contribution in [3.8, 4) is 0 Å². The molecule has 1 aromatic carbocycles. The molecule has 1 heterocycles. The van der Waals surface area contributed by atoms with E-state index in [-0.39, 0.29) is 84.2 Å². The van der Waals surface area contributed by atoms with Crippen LogP contribution in [0.3, 0.4) is 0 Å². The number of aliphatic carboxylic acids is 10. The van der Waals surface area contributed by atoms with Crippen LogP contribution < -0.4 is 37.2 Å². The lowest BCUT2D eigenvalue weighted by Gasteiger charge is -2.33. The van der Waals surface area contributed by atoms with Crippen molar-refractivity contribution >= 4 is 101 Å². The molecule has 0 aliphatic carbocycles. The summed E-state index contributed by atoms with van der Waals surface area (Å²) in [5.74, 6) is -18.3. The highest BCUT2D eigenvalue weighted by molar-refractivity contribution is 5.94. The second kappa shape index (κ2) is 51.2. The monoisotopic (exact) mass is 1580 g/mol. The highest BCUT2D eigenvalue weighted by atomic mass is 16.6. The normalized spacial score (nSPS) is 13.0. The van der Waals surface area contributed by atoms with E-state index in [0.717, 1.165) is 29.4 Å². The van der Waals surface area contributed by atoms with Gasteiger partial charge in [-0.3, -0.25) is 106 Å². The Bertz CT molecular complexity index is 3240. The number of hydrogen-bond donors (Lipinski definition) is 18. The first-order valence-electron chi connectivity index (χ1n) is 34.8. The third-order valence-electron chi connectivity index (χ3n) is 16.3. The Hall–Kier alpha value is -11.3. The highest BCUT2D eigenvalue weighted by Crippen LogP contribution is 2.15. The van der Waals surface area contributed by atoms with Crippen molar-refractivity contribution in [2.24, 2.45) is 11.8 Å². The molecule has 1 unspecified atom stereocenters. The molecule has 0 radical (unpaired) electrons. The Kier molecular flexibility index (Phi) is 44.2. The first-order chi connectivity index (χ1) is 52.2. The van der Waals surface area contributed by atoms with Crippen molar-refractivity contribution in [1.82, 2.24) is 81.5 Å². The fraction of sp³-hybridized carbons (Fsp3) is 0.606. The number of carbonyl (C=O) groups is 17. The summed E-state index contributed by atoms with van der Waals surface area (Å²) >= 11 is 0. The van der Waals surface area contributed by atoms with Crippen LogP contribution in [0.4, 0.5) is 9.59 Å². The van der Waals surface area contributed by atoms with Crippen molar-refractivity contribution in [3.63, 3.8) is 0 Å². The van der Waals surface area contributed by atoms with E-state index in [1.807, 2.05) is 20.8 Å². The van der Waals surface area contributed by atoms with Gasteiger partial charge >= 0.3 is 71.9 Å². The molecular weight excluding hydrogens is 1480 g/mol. The van der Waals surface area contributed by atoms with Gasteiger partial charge in [-0.05, 0) is 29.4 Å². The smallest absolute Gasteiger partial charge is 0.407 e. The number of aromatic nitrogens is 2. The molecule has 45 heteroatoms. The van der Waals surface area contributed by atoms with Crippen molar-refractivity contribution in [2.45, 2.75) is 97.2 Å². The number of hydrogen-bond acceptors (Lipinski definition) is 27. The molecule has 0 saturated carbocycles. The largest absolute Gasteiger partial charge is 0.480 e. The summed E-state index contributed by atoms with van der Waals surface area (Å²) in [6.07, 6.45) is 1.17. The fourth-order valence-corrected chi connectivity index (χ4v) is 11.0. The topological polar surface area (TPSA) is 647 Å². The number of H-pyrrole nitrogens is 1. The van der Waals surface area contributed by atoms with E-state index in [9.17, 15) is 133 Å². The molecule has 111 heavy (non-hydrogen) atoms. The van der Waals surface area contributed by atoms with Gasteiger partial charge in [-0.1, -0.05) is 58.4 Å². The summed E-state index contributed by atoms with van der Waals surface area (Å²) in [7, 11) is 0. The number of carboxylic acid groups (broad SMARTS) is 10. The first kappa shape index (κ1) is 95.8. The predicted octanol–water partition coefficient (Wildman–Crippen LogP) is -5.40. The van der Waals surface area contributed by atoms with E-state index in [4.69, 9.17) is 9.47 Å². The molecule has 0 fully saturated rings. The van der Waals surface area contributed by atoms with E-state index in [0.29, 0.717) is 23.2 Å². The average molecular weight is 1580 g/mol. The molecular formula is C66H102N16O29. The molecule has 18 N–H and O–H groups in total. The molecule has 0 aliphatic rings. The lowest BCUT2D eigenvalue weighted by molar-refractivity contribution is -0.146. The number of carboxylic acids is 10. The van der Waals surface area contributed by atoms with Crippen LogP contribution in [0, 0.1) is 11.8 Å². The number of carbonyl (C=O) groups excluding carboxylic acids is 7. The Morgan fingerprint density at radius 1 is 0.441 bits per heavy atom. The number of benzene rings is 1. The third kappa shape index (κ3) is 43.5. The lowest BCUT2D eigenvalue weighted by Crippen LogP contribution is -2.58. The minimum absolute atomic E-state index is 0.0203. The summed E-state index contributed by atoms with van der Waals surface area (Å²) in [5, 5.41) is 114. The molecule has 1 aromatic heterocycles. The number of rotatable bonds is 60. The van der Waals surface area contributed by atoms with Crippen molar-refractivity contribution in [2.75, 3.05) is 151 Å². The van der Waals surface area contributed by atoms with Gasteiger partial charge in [0.15, 0.2) is 0 Å². The summed E-state index contributed by atoms with van der Waals surface area (Å²) in [6.45, 7) is -6.24. The zero-order valence-electron chi connectivity index (χ0n) is 62.1. The maximum absolute atomic E-state index is 14.0. The van der Waals surface area contributed by atoms with Crippen LogP contribution in [0.1, 0.15) is 64.3 Å². The minimum atomic E-state index is -1.55. The summed E-state index contributed by atoms with van der Waals surface area (Å²) in [6, 6.07) is 0.549. The minimum Gasteiger partial charge on any atom is -0.480 e. The second-order valence-electron chi connectivity index (χ2n) is 26.2. The van der Waals surface area contributed by atoms with E-state index in [1.54, 1.807) is 31.2 Å². The number of aromatic amines is 1. The van der Waals surface area contributed by atoms with Gasteiger partial charge in [0.05, 0.1) is 90.4 Å². The fourth-order valence-electron chi connectivity index (χ4n) is 11.0. The number of ether oxygens (including phenoxy) is 2. The first-order valence-corrected chi connectivity index (χ1v) is 34.8. The summed E-state index contributed by atoms with van der Waals surface area (Å²) in [5.41, 5.74) is 1.69. The van der Waals surface area contributed by atoms with Crippen molar-refractivity contribution < 1.29 is 142 Å². The molecule has 6 atom stereocenters. The van der Waals surface area contributed by atoms with Gasteiger partial charge in [-0.15, -0.1) is 0 Å². The van der Waals surface area contributed by atoms with Crippen LogP contribution in [0.5, 0.6) is 0 Å². The SMILES string of the molecule is CC[C@@H](C)C(NC(=O)[C@H](Cc1cnc[nH]1)NC(C)=O)C(=O)N[C@@H](CC(C)C)C(=O)NCc1ccc(CNC(=O)CN(CCNC(=O)OC[C@@H](CN(CCN(CC(=O)O)CC(=O)O)CC(=O)O)N(CC(=O)O)CC(=O)O)CCNC(=O)OC[C@@H](CN(CCN(CC(=O)O)CC(=O)O)CC(=O)O)N(CC(=O)O)CC(=O)O)cc1. The Morgan fingerprint density at radius 3 is 1.19 bits per heavy atom. The lowest BCUT2D eigenvalue weighted by atomic mass is 9.96. The van der Waals surface area contributed by atoms with Gasteiger partial charge in [0, 0.05) is 104 Å². The van der Waals surface area contributed by atoms with Crippen LogP contribution in [0.25, 0.3) is 0 Å². The standard InChI is InChI=1S/C66H102N16O29/c1-6-41(4)61(75-63(106)49(73-42(5)83)20-45-23-67-39-72-45)64(107)74-48(19-40(2)3)62(105)71-22-44-9-7-43(8-10-44)21-70-50(84)26-76(13-11-68-65(108)110-37-46(81(33-57(97)98)34-58(99)100)24-77(27-51(85)86)15-17-79(29-53(89)90)30-54(91)92)14-12-69-66(109)111-38-47(82(35-59(101)102)36-60(103)104)25-78(28-52(87)88)16-18-80(31-55(93)94)32-56(95)96/h7-10,23,39-41,46-49,61H,6,11-22,24-38H2,1-5H3,(H,67,72)(H,68,108)(H,69,109)(H,70,84)(H,71,105)(H,73,83)(H,74,107)(H,75,106)(H,85,86)(H,87,88)(H,89,90)(H,91,92)(H,93,94)(H,95,96)(H,97,98)(H,99,100)(H,101,102)(H,103,104)/t41-,46-,47-,48+,49+,61?/m1/s1.